The summed E-state index contributed by atoms with van der Waals surface area (Å²) in [5.41, 5.74) is 3.98. The summed E-state index contributed by atoms with van der Waals surface area (Å²) >= 11 is 0. The van der Waals surface area contributed by atoms with Gasteiger partial charge in [-0.3, -0.25) is 19.0 Å². The maximum Gasteiger partial charge on any atom is 0.315 e. The van der Waals surface area contributed by atoms with Crippen LogP contribution in [0.25, 0.3) is 11.0 Å². The molecule has 0 saturated carbocycles. The van der Waals surface area contributed by atoms with Crippen LogP contribution < -0.4 is 9.80 Å². The molecule has 1 unspecified atom stereocenters. The molecule has 46 heavy (non-hydrogen) atoms. The van der Waals surface area contributed by atoms with E-state index in [0.29, 0.717) is 37.6 Å². The Hall–Kier alpha value is -5.24. The van der Waals surface area contributed by atoms with E-state index in [1.807, 2.05) is 80.8 Å². The summed E-state index contributed by atoms with van der Waals surface area (Å²) in [5.74, 6) is 0.0730. The summed E-state index contributed by atoms with van der Waals surface area (Å²) in [6.45, 7) is 5.79. The number of amides is 2. The molecular formula is C35H37N7O4. The third-order valence-electron chi connectivity index (χ3n) is 9.34. The number of nitrogens with zero attached hydrogens (tertiary/aromatic N) is 7. The van der Waals surface area contributed by atoms with Crippen molar-refractivity contribution in [2.75, 3.05) is 29.9 Å². The van der Waals surface area contributed by atoms with Crippen LogP contribution in [0.4, 0.5) is 11.5 Å². The second-order valence-electron chi connectivity index (χ2n) is 12.0. The minimum atomic E-state index is -0.460. The first-order chi connectivity index (χ1) is 22.3. The standard InChI is InChI=1S/C35H37N7O4/c1-4-27(24-9-11-26(12-10-24)42-19-25-7-5-6-8-28(25)34(42)44)35(45)46-22-41-18-15-29-32(37-21-38-33(29)41)39(3)30-20-40(17-14-23(30)2)31(43)13-16-36/h5-12,15,18,21,23,27,30H,4,13-14,17,19-20,22H2,1-3H3/t23-,27?,30+/m1/s1. The molecule has 2 aromatic heterocycles. The Balaban J connectivity index is 1.13. The first-order valence-corrected chi connectivity index (χ1v) is 15.6. The molecule has 0 bridgehead atoms. The Morgan fingerprint density at radius 3 is 2.65 bits per heavy atom. The summed E-state index contributed by atoms with van der Waals surface area (Å²) in [4.78, 5) is 53.3. The average Bonchev–Trinajstić information content (AvgIpc) is 3.65. The molecule has 2 aliphatic rings. The fourth-order valence-corrected chi connectivity index (χ4v) is 6.61. The molecule has 236 valence electrons. The molecule has 3 atom stereocenters. The topological polar surface area (TPSA) is 125 Å². The Morgan fingerprint density at radius 2 is 1.91 bits per heavy atom. The number of carbonyl (C=O) groups is 3. The molecule has 2 aromatic carbocycles. The first-order valence-electron chi connectivity index (χ1n) is 15.6. The molecule has 1 fully saturated rings. The van der Waals surface area contributed by atoms with Gasteiger partial charge in [0, 0.05) is 37.6 Å². The molecule has 6 rings (SSSR count). The second-order valence-corrected chi connectivity index (χ2v) is 12.0. The van der Waals surface area contributed by atoms with Crippen molar-refractivity contribution in [3.05, 3.63) is 83.8 Å². The van der Waals surface area contributed by atoms with Crippen molar-refractivity contribution < 1.29 is 19.1 Å². The number of aromatic nitrogens is 3. The van der Waals surface area contributed by atoms with Gasteiger partial charge in [-0.2, -0.15) is 5.26 Å². The fraction of sp³-hybridized carbons (Fsp3) is 0.371. The largest absolute Gasteiger partial charge is 0.443 e. The summed E-state index contributed by atoms with van der Waals surface area (Å²) in [5, 5.41) is 9.80. The fourth-order valence-electron chi connectivity index (χ4n) is 6.61. The Bertz CT molecular complexity index is 1810. The first kappa shape index (κ1) is 30.8. The molecule has 0 radical (unpaired) electrons. The highest BCUT2D eigenvalue weighted by atomic mass is 16.5. The van der Waals surface area contributed by atoms with Gasteiger partial charge in [-0.1, -0.05) is 44.2 Å². The maximum absolute atomic E-state index is 13.3. The number of fused-ring (bicyclic) bond motifs is 2. The number of likely N-dealkylation sites (tertiary alicyclic amines) is 1. The SMILES string of the molecule is CCC(C(=O)OCn1ccc2c(N(C)[C@H]3CN(C(=O)CC#N)CC[C@H]3C)ncnc21)c1ccc(N2Cc3ccccc3C2=O)cc1. The smallest absolute Gasteiger partial charge is 0.315 e. The molecule has 11 nitrogen and oxygen atoms in total. The van der Waals surface area contributed by atoms with Crippen LogP contribution in [0.5, 0.6) is 0 Å². The van der Waals surface area contributed by atoms with Gasteiger partial charge < -0.3 is 19.4 Å². The van der Waals surface area contributed by atoms with Gasteiger partial charge in [-0.05, 0) is 54.2 Å². The molecule has 4 aromatic rings. The van der Waals surface area contributed by atoms with Crippen molar-refractivity contribution in [3.8, 4) is 6.07 Å². The van der Waals surface area contributed by atoms with Crippen LogP contribution in [0.15, 0.2) is 67.1 Å². The highest BCUT2D eigenvalue weighted by molar-refractivity contribution is 6.10. The van der Waals surface area contributed by atoms with E-state index in [-0.39, 0.29) is 37.0 Å². The van der Waals surface area contributed by atoms with E-state index in [1.165, 1.54) is 6.33 Å². The van der Waals surface area contributed by atoms with Gasteiger partial charge in [0.2, 0.25) is 5.91 Å². The van der Waals surface area contributed by atoms with Crippen LogP contribution >= 0.6 is 0 Å². The zero-order valence-electron chi connectivity index (χ0n) is 26.3. The number of rotatable bonds is 9. The van der Waals surface area contributed by atoms with Gasteiger partial charge in [0.1, 0.15) is 24.2 Å². The molecule has 1 saturated heterocycles. The zero-order chi connectivity index (χ0) is 32.4. The number of hydrogen-bond donors (Lipinski definition) is 0. The number of anilines is 2. The Labute approximate surface area is 268 Å². The van der Waals surface area contributed by atoms with E-state index in [1.54, 1.807) is 14.4 Å². The van der Waals surface area contributed by atoms with Crippen LogP contribution in [-0.4, -0.2) is 63.4 Å². The van der Waals surface area contributed by atoms with Gasteiger partial charge in [-0.25, -0.2) is 9.97 Å². The number of esters is 1. The van der Waals surface area contributed by atoms with E-state index in [0.717, 1.165) is 40.0 Å². The second kappa shape index (κ2) is 13.0. The number of piperidine rings is 1. The molecule has 0 spiro atoms. The number of benzene rings is 2. The average molecular weight is 620 g/mol. The Kier molecular flexibility index (Phi) is 8.70. The number of hydrogen-bond acceptors (Lipinski definition) is 8. The van der Waals surface area contributed by atoms with Crippen LogP contribution in [-0.2, 0) is 27.6 Å². The number of ether oxygens (including phenoxy) is 1. The molecular weight excluding hydrogens is 582 g/mol. The molecule has 0 N–H and O–H groups in total. The summed E-state index contributed by atoms with van der Waals surface area (Å²) in [6.07, 6.45) is 4.60. The van der Waals surface area contributed by atoms with Crippen LogP contribution in [0.3, 0.4) is 0 Å². The van der Waals surface area contributed by atoms with E-state index in [9.17, 15) is 14.4 Å². The van der Waals surface area contributed by atoms with E-state index < -0.39 is 5.92 Å². The third-order valence-corrected chi connectivity index (χ3v) is 9.34. The number of nitriles is 1. The van der Waals surface area contributed by atoms with Crippen molar-refractivity contribution in [2.24, 2.45) is 5.92 Å². The van der Waals surface area contributed by atoms with Gasteiger partial charge in [-0.15, -0.1) is 0 Å². The van der Waals surface area contributed by atoms with Crippen LogP contribution in [0.2, 0.25) is 0 Å². The number of likely N-dealkylation sites (N-methyl/N-ethyl adjacent to an activating group) is 1. The quantitative estimate of drug-likeness (QED) is 0.243. The van der Waals surface area contributed by atoms with Crippen molar-refractivity contribution in [3.63, 3.8) is 0 Å². The predicted octanol–water partition coefficient (Wildman–Crippen LogP) is 4.87. The Morgan fingerprint density at radius 1 is 1.13 bits per heavy atom. The monoisotopic (exact) mass is 619 g/mol. The maximum atomic E-state index is 13.3. The lowest BCUT2D eigenvalue weighted by Gasteiger charge is -2.42. The lowest BCUT2D eigenvalue weighted by molar-refractivity contribution is -0.149. The molecule has 0 aliphatic carbocycles. The molecule has 2 aliphatic heterocycles. The van der Waals surface area contributed by atoms with Crippen molar-refractivity contribution in [1.29, 1.82) is 5.26 Å². The summed E-state index contributed by atoms with van der Waals surface area (Å²) in [7, 11) is 1.97. The normalized spacial score (nSPS) is 18.3. The summed E-state index contributed by atoms with van der Waals surface area (Å²) < 4.78 is 7.59. The molecule has 4 heterocycles. The highest BCUT2D eigenvalue weighted by Gasteiger charge is 2.33. The minimum Gasteiger partial charge on any atom is -0.443 e. The van der Waals surface area contributed by atoms with Crippen molar-refractivity contribution >= 4 is 40.3 Å². The highest BCUT2D eigenvalue weighted by Crippen LogP contribution is 2.32. The lowest BCUT2D eigenvalue weighted by atomic mass is 9.92. The summed E-state index contributed by atoms with van der Waals surface area (Å²) in [6, 6.07) is 19.1. The van der Waals surface area contributed by atoms with Gasteiger partial charge in [0.15, 0.2) is 6.73 Å². The molecule has 11 heteroatoms. The minimum absolute atomic E-state index is 0.00606. The van der Waals surface area contributed by atoms with Gasteiger partial charge >= 0.3 is 5.97 Å². The lowest BCUT2D eigenvalue weighted by Crippen LogP contribution is -2.52. The van der Waals surface area contributed by atoms with Gasteiger partial charge in [0.25, 0.3) is 5.91 Å². The third kappa shape index (κ3) is 5.78. The van der Waals surface area contributed by atoms with Crippen molar-refractivity contribution in [1.82, 2.24) is 19.4 Å². The van der Waals surface area contributed by atoms with E-state index in [4.69, 9.17) is 10.00 Å². The van der Waals surface area contributed by atoms with Crippen LogP contribution in [0.1, 0.15) is 60.5 Å². The number of carbonyl (C=O) groups excluding carboxylic acids is 3. The van der Waals surface area contributed by atoms with E-state index in [2.05, 4.69) is 21.8 Å². The zero-order valence-corrected chi connectivity index (χ0v) is 26.3. The van der Waals surface area contributed by atoms with E-state index >= 15 is 0 Å². The molecule has 2 amide bonds. The van der Waals surface area contributed by atoms with Gasteiger partial charge in [0.05, 0.1) is 30.0 Å². The van der Waals surface area contributed by atoms with Crippen LogP contribution in [0, 0.1) is 17.2 Å². The predicted molar refractivity (Wildman–Crippen MR) is 173 cm³/mol. The van der Waals surface area contributed by atoms with Crippen molar-refractivity contribution in [2.45, 2.75) is 58.3 Å².